The molecule has 0 spiro atoms. The van der Waals surface area contributed by atoms with Crippen molar-refractivity contribution in [3.05, 3.63) is 69.4 Å². The van der Waals surface area contributed by atoms with Gasteiger partial charge < -0.3 is 25.4 Å². The number of nitro benzene ring substituents is 1. The van der Waals surface area contributed by atoms with Crippen LogP contribution in [0, 0.1) is 10.1 Å². The second kappa shape index (κ2) is 8.78. The molecule has 1 aliphatic rings. The first-order chi connectivity index (χ1) is 14.3. The molecule has 9 nitrogen and oxygen atoms in total. The fourth-order valence-electron chi connectivity index (χ4n) is 3.16. The maximum Gasteiger partial charge on any atom is 0.269 e. The first-order valence-corrected chi connectivity index (χ1v) is 9.31. The van der Waals surface area contributed by atoms with Crippen LogP contribution >= 0.6 is 12.2 Å². The molecular formula is C20H20N4O5S. The van der Waals surface area contributed by atoms with Gasteiger partial charge in [0.1, 0.15) is 11.5 Å². The van der Waals surface area contributed by atoms with E-state index in [0.29, 0.717) is 39.1 Å². The van der Waals surface area contributed by atoms with Gasteiger partial charge in [-0.15, -0.1) is 0 Å². The number of carbonyl (C=O) groups is 1. The molecule has 0 unspecified atom stereocenters. The Labute approximate surface area is 178 Å². The molecule has 0 aliphatic carbocycles. The Balaban J connectivity index is 2.00. The van der Waals surface area contributed by atoms with Crippen LogP contribution in [-0.4, -0.2) is 30.2 Å². The van der Waals surface area contributed by atoms with E-state index in [0.717, 1.165) is 0 Å². The summed E-state index contributed by atoms with van der Waals surface area (Å²) >= 11 is 5.23. The van der Waals surface area contributed by atoms with Gasteiger partial charge in [-0.1, -0.05) is 12.1 Å². The van der Waals surface area contributed by atoms with Gasteiger partial charge in [-0.3, -0.25) is 14.9 Å². The van der Waals surface area contributed by atoms with Crippen LogP contribution in [0.3, 0.4) is 0 Å². The van der Waals surface area contributed by atoms with Gasteiger partial charge in [-0.05, 0) is 36.8 Å². The first-order valence-electron chi connectivity index (χ1n) is 8.90. The molecule has 0 fully saturated rings. The third kappa shape index (κ3) is 4.33. The van der Waals surface area contributed by atoms with Gasteiger partial charge in [0.2, 0.25) is 0 Å². The topological polar surface area (TPSA) is 115 Å². The van der Waals surface area contributed by atoms with Crippen molar-refractivity contribution in [2.24, 2.45) is 0 Å². The first kappa shape index (κ1) is 21.1. The zero-order valence-electron chi connectivity index (χ0n) is 16.5. The van der Waals surface area contributed by atoms with Crippen molar-refractivity contribution in [2.75, 3.05) is 19.5 Å². The van der Waals surface area contributed by atoms with Crippen molar-refractivity contribution in [1.82, 2.24) is 10.6 Å². The molecule has 0 bridgehead atoms. The molecule has 30 heavy (non-hydrogen) atoms. The fraction of sp³-hybridized carbons (Fsp3) is 0.200. The Hall–Kier alpha value is -3.66. The molecule has 1 aliphatic heterocycles. The third-order valence-electron chi connectivity index (χ3n) is 4.58. The highest BCUT2D eigenvalue weighted by atomic mass is 32.1. The number of hydrogen-bond acceptors (Lipinski definition) is 6. The lowest BCUT2D eigenvalue weighted by Gasteiger charge is -2.30. The highest BCUT2D eigenvalue weighted by molar-refractivity contribution is 7.80. The molecule has 2 aromatic rings. The SMILES string of the molecule is COc1ccc(OC)c(NC(=O)C2=C(C)NC(=S)N[C@@H]2c2cccc([N+](=O)[O-])c2)c1. The number of nitro groups is 1. The number of allylic oxidation sites excluding steroid dienone is 1. The highest BCUT2D eigenvalue weighted by Gasteiger charge is 2.31. The number of ether oxygens (including phenoxy) is 2. The second-order valence-corrected chi connectivity index (χ2v) is 6.85. The standard InChI is InChI=1S/C20H20N4O5S/c1-11-17(19(25)22-15-10-14(28-2)7-8-16(15)29-3)18(23-20(30)21-11)12-5-4-6-13(9-12)24(26)27/h4-10,18H,1-3H3,(H,22,25)(H2,21,23,30)/t18-/m1/s1. The van der Waals surface area contributed by atoms with Crippen molar-refractivity contribution in [2.45, 2.75) is 13.0 Å². The molecule has 0 saturated heterocycles. The number of anilines is 1. The van der Waals surface area contributed by atoms with Crippen LogP contribution in [0.1, 0.15) is 18.5 Å². The summed E-state index contributed by atoms with van der Waals surface area (Å²) in [6, 6.07) is 10.4. The van der Waals surface area contributed by atoms with E-state index >= 15 is 0 Å². The largest absolute Gasteiger partial charge is 0.497 e. The summed E-state index contributed by atoms with van der Waals surface area (Å²) in [4.78, 5) is 23.9. The number of non-ortho nitro benzene ring substituents is 1. The number of carbonyl (C=O) groups excluding carboxylic acids is 1. The minimum absolute atomic E-state index is 0.0781. The van der Waals surface area contributed by atoms with Crippen molar-refractivity contribution in [3.8, 4) is 11.5 Å². The number of hydrogen-bond donors (Lipinski definition) is 3. The molecule has 0 radical (unpaired) electrons. The fourth-order valence-corrected chi connectivity index (χ4v) is 3.44. The van der Waals surface area contributed by atoms with E-state index in [1.807, 2.05) is 0 Å². The number of nitrogens with one attached hydrogen (secondary N) is 3. The molecule has 1 amide bonds. The van der Waals surface area contributed by atoms with Gasteiger partial charge in [0.25, 0.3) is 11.6 Å². The smallest absolute Gasteiger partial charge is 0.269 e. The Morgan fingerprint density at radius 2 is 1.97 bits per heavy atom. The van der Waals surface area contributed by atoms with E-state index in [2.05, 4.69) is 16.0 Å². The molecule has 3 N–H and O–H groups in total. The van der Waals surface area contributed by atoms with E-state index < -0.39 is 16.9 Å². The van der Waals surface area contributed by atoms with Crippen LogP contribution in [0.5, 0.6) is 11.5 Å². The number of amides is 1. The predicted molar refractivity (Wildman–Crippen MR) is 116 cm³/mol. The lowest BCUT2D eigenvalue weighted by molar-refractivity contribution is -0.384. The van der Waals surface area contributed by atoms with Crippen LogP contribution < -0.4 is 25.4 Å². The minimum atomic E-state index is -0.671. The number of nitrogens with zero attached hydrogens (tertiary/aromatic N) is 1. The normalized spacial score (nSPS) is 15.7. The molecule has 0 aromatic heterocycles. The molecular weight excluding hydrogens is 408 g/mol. The van der Waals surface area contributed by atoms with Gasteiger partial charge in [-0.25, -0.2) is 0 Å². The third-order valence-corrected chi connectivity index (χ3v) is 4.80. The van der Waals surface area contributed by atoms with Crippen LogP contribution in [0.4, 0.5) is 11.4 Å². The molecule has 156 valence electrons. The van der Waals surface area contributed by atoms with Gasteiger partial charge in [0, 0.05) is 23.9 Å². The molecule has 0 saturated carbocycles. The number of rotatable bonds is 6. The lowest BCUT2D eigenvalue weighted by atomic mass is 9.94. The van der Waals surface area contributed by atoms with E-state index in [1.54, 1.807) is 37.3 Å². The Morgan fingerprint density at radius 1 is 1.20 bits per heavy atom. The monoisotopic (exact) mass is 428 g/mol. The molecule has 1 atom stereocenters. The molecule has 10 heteroatoms. The molecule has 1 heterocycles. The average molecular weight is 428 g/mol. The summed E-state index contributed by atoms with van der Waals surface area (Å²) in [5.74, 6) is 0.590. The number of methoxy groups -OCH3 is 2. The van der Waals surface area contributed by atoms with Gasteiger partial charge in [0.05, 0.1) is 36.4 Å². The van der Waals surface area contributed by atoms with E-state index in [1.165, 1.54) is 26.4 Å². The minimum Gasteiger partial charge on any atom is -0.497 e. The summed E-state index contributed by atoms with van der Waals surface area (Å²) in [7, 11) is 3.02. The van der Waals surface area contributed by atoms with Gasteiger partial charge >= 0.3 is 0 Å². The molecule has 2 aromatic carbocycles. The number of benzene rings is 2. The van der Waals surface area contributed by atoms with Crippen LogP contribution in [0.25, 0.3) is 0 Å². The zero-order valence-corrected chi connectivity index (χ0v) is 17.3. The summed E-state index contributed by atoms with van der Waals surface area (Å²) in [6.45, 7) is 1.72. The number of thiocarbonyl (C=S) groups is 1. The summed E-state index contributed by atoms with van der Waals surface area (Å²) < 4.78 is 10.5. The summed E-state index contributed by atoms with van der Waals surface area (Å²) in [6.07, 6.45) is 0. The van der Waals surface area contributed by atoms with Crippen molar-refractivity contribution < 1.29 is 19.2 Å². The van der Waals surface area contributed by atoms with E-state index in [4.69, 9.17) is 21.7 Å². The highest BCUT2D eigenvalue weighted by Crippen LogP contribution is 2.33. The Bertz CT molecular complexity index is 1050. The summed E-state index contributed by atoms with van der Waals surface area (Å²) in [5, 5.41) is 20.3. The van der Waals surface area contributed by atoms with Crippen LogP contribution in [0.2, 0.25) is 0 Å². The Morgan fingerprint density at radius 3 is 2.63 bits per heavy atom. The second-order valence-electron chi connectivity index (χ2n) is 6.44. The van der Waals surface area contributed by atoms with Crippen molar-refractivity contribution in [1.29, 1.82) is 0 Å². The maximum absolute atomic E-state index is 13.2. The summed E-state index contributed by atoms with van der Waals surface area (Å²) in [5.41, 5.74) is 1.76. The average Bonchev–Trinajstić information content (AvgIpc) is 2.73. The Kier molecular flexibility index (Phi) is 6.17. The lowest BCUT2D eigenvalue weighted by Crippen LogP contribution is -2.45. The van der Waals surface area contributed by atoms with Crippen molar-refractivity contribution >= 4 is 34.6 Å². The van der Waals surface area contributed by atoms with Crippen LogP contribution in [0.15, 0.2) is 53.7 Å². The van der Waals surface area contributed by atoms with Crippen molar-refractivity contribution in [3.63, 3.8) is 0 Å². The predicted octanol–water partition coefficient (Wildman–Crippen LogP) is 3.04. The van der Waals surface area contributed by atoms with E-state index in [-0.39, 0.29) is 5.69 Å². The maximum atomic E-state index is 13.2. The van der Waals surface area contributed by atoms with Gasteiger partial charge in [0.15, 0.2) is 5.11 Å². The molecule has 3 rings (SSSR count). The zero-order chi connectivity index (χ0) is 21.8. The quantitative estimate of drug-likeness (QED) is 0.365. The van der Waals surface area contributed by atoms with Gasteiger partial charge in [-0.2, -0.15) is 0 Å². The van der Waals surface area contributed by atoms with Crippen LogP contribution in [-0.2, 0) is 4.79 Å². The van der Waals surface area contributed by atoms with E-state index in [9.17, 15) is 14.9 Å².